The van der Waals surface area contributed by atoms with Gasteiger partial charge in [0, 0.05) is 19.3 Å². The quantitative estimate of drug-likeness (QED) is 0.342. The van der Waals surface area contributed by atoms with Crippen LogP contribution in [0.4, 0.5) is 5.69 Å². The fraction of sp³-hybridized carbons (Fsp3) is 0.286. The summed E-state index contributed by atoms with van der Waals surface area (Å²) < 4.78 is 6.67. The molecule has 36 heavy (non-hydrogen) atoms. The van der Waals surface area contributed by atoms with Crippen LogP contribution in [0.25, 0.3) is 11.0 Å². The second-order valence-corrected chi connectivity index (χ2v) is 8.84. The van der Waals surface area contributed by atoms with E-state index in [4.69, 9.17) is 4.74 Å². The van der Waals surface area contributed by atoms with Gasteiger partial charge in [-0.3, -0.25) is 14.5 Å². The zero-order valence-corrected chi connectivity index (χ0v) is 20.8. The summed E-state index contributed by atoms with van der Waals surface area (Å²) in [5.74, 6) is -0.228. The van der Waals surface area contributed by atoms with Crippen molar-refractivity contribution in [2.75, 3.05) is 25.2 Å². The van der Waals surface area contributed by atoms with Crippen LogP contribution in [0.2, 0.25) is 0 Å². The largest absolute Gasteiger partial charge is 0.383 e. The van der Waals surface area contributed by atoms with Crippen LogP contribution in [-0.2, 0) is 20.9 Å². The topological polar surface area (TPSA) is 89.4 Å². The SMILES string of the molecule is COCCNC(=O)[C@H](c1ccccc1)N(C(=O)Cn1nnc2ccccc21)c1ccc(C(C)C)cc1. The number of hydrogen-bond donors (Lipinski definition) is 1. The monoisotopic (exact) mass is 485 g/mol. The molecular weight excluding hydrogens is 454 g/mol. The molecule has 0 fully saturated rings. The predicted molar refractivity (Wildman–Crippen MR) is 140 cm³/mol. The van der Waals surface area contributed by atoms with Crippen molar-refractivity contribution in [2.45, 2.75) is 32.4 Å². The minimum atomic E-state index is -0.879. The molecule has 2 amide bonds. The van der Waals surface area contributed by atoms with Crippen molar-refractivity contribution in [3.05, 3.63) is 90.0 Å². The Morgan fingerprint density at radius 3 is 2.33 bits per heavy atom. The smallest absolute Gasteiger partial charge is 0.249 e. The predicted octanol–water partition coefficient (Wildman–Crippen LogP) is 4.09. The number of ether oxygens (including phenoxy) is 1. The van der Waals surface area contributed by atoms with Gasteiger partial charge in [0.2, 0.25) is 11.8 Å². The summed E-state index contributed by atoms with van der Waals surface area (Å²) in [6, 6.07) is 23.7. The van der Waals surface area contributed by atoms with Crippen LogP contribution in [0.1, 0.15) is 36.9 Å². The summed E-state index contributed by atoms with van der Waals surface area (Å²) in [4.78, 5) is 29.0. The van der Waals surface area contributed by atoms with Gasteiger partial charge in [0.1, 0.15) is 18.1 Å². The lowest BCUT2D eigenvalue weighted by Crippen LogP contribution is -2.46. The van der Waals surface area contributed by atoms with Crippen LogP contribution in [0, 0.1) is 0 Å². The molecule has 1 aromatic heterocycles. The summed E-state index contributed by atoms with van der Waals surface area (Å²) in [5, 5.41) is 11.3. The number of carbonyl (C=O) groups excluding carboxylic acids is 2. The van der Waals surface area contributed by atoms with E-state index in [0.717, 1.165) is 11.1 Å². The Balaban J connectivity index is 1.76. The summed E-state index contributed by atoms with van der Waals surface area (Å²) in [6.45, 7) is 4.87. The molecule has 0 aliphatic heterocycles. The molecule has 0 spiro atoms. The normalized spacial score (nSPS) is 12.0. The van der Waals surface area contributed by atoms with Gasteiger partial charge in [0.25, 0.3) is 0 Å². The highest BCUT2D eigenvalue weighted by atomic mass is 16.5. The van der Waals surface area contributed by atoms with E-state index >= 15 is 0 Å². The number of amides is 2. The lowest BCUT2D eigenvalue weighted by Gasteiger charge is -2.32. The lowest BCUT2D eigenvalue weighted by atomic mass is 10.0. The number of fused-ring (bicyclic) bond motifs is 1. The number of anilines is 1. The summed E-state index contributed by atoms with van der Waals surface area (Å²) in [7, 11) is 1.58. The summed E-state index contributed by atoms with van der Waals surface area (Å²) in [5.41, 5.74) is 3.94. The first-order chi connectivity index (χ1) is 17.5. The maximum atomic E-state index is 14.0. The van der Waals surface area contributed by atoms with Crippen molar-refractivity contribution in [3.63, 3.8) is 0 Å². The Kier molecular flexibility index (Phi) is 8.07. The Morgan fingerprint density at radius 2 is 1.64 bits per heavy atom. The minimum absolute atomic E-state index is 0.0683. The molecule has 1 atom stereocenters. The fourth-order valence-electron chi connectivity index (χ4n) is 4.12. The molecule has 186 valence electrons. The summed E-state index contributed by atoms with van der Waals surface area (Å²) in [6.07, 6.45) is 0. The van der Waals surface area contributed by atoms with Gasteiger partial charge in [0.05, 0.1) is 12.1 Å². The van der Waals surface area contributed by atoms with E-state index in [2.05, 4.69) is 29.5 Å². The standard InChI is InChI=1S/C28H31N5O3/c1-20(2)21-13-15-23(16-14-21)33(26(34)19-32-25-12-8-7-11-24(25)30-31-32)27(22-9-5-4-6-10-22)28(35)29-17-18-36-3/h4-16,20,27H,17-19H2,1-3H3,(H,29,35)/t27-/m0/s1. The first kappa shape index (κ1) is 25.1. The van der Waals surface area contributed by atoms with Gasteiger partial charge < -0.3 is 10.1 Å². The van der Waals surface area contributed by atoms with Crippen molar-refractivity contribution in [3.8, 4) is 0 Å². The van der Waals surface area contributed by atoms with Crippen LogP contribution in [0.5, 0.6) is 0 Å². The van der Waals surface area contributed by atoms with Crippen molar-refractivity contribution in [2.24, 2.45) is 0 Å². The van der Waals surface area contributed by atoms with E-state index in [1.807, 2.05) is 78.9 Å². The average Bonchev–Trinajstić information content (AvgIpc) is 3.30. The number of benzene rings is 3. The van der Waals surface area contributed by atoms with Crippen LogP contribution in [0.15, 0.2) is 78.9 Å². The van der Waals surface area contributed by atoms with Gasteiger partial charge in [-0.2, -0.15) is 0 Å². The number of para-hydroxylation sites is 1. The number of nitrogens with zero attached hydrogens (tertiary/aromatic N) is 4. The lowest BCUT2D eigenvalue weighted by molar-refractivity contribution is -0.127. The number of aromatic nitrogens is 3. The highest BCUT2D eigenvalue weighted by Crippen LogP contribution is 2.30. The third-order valence-corrected chi connectivity index (χ3v) is 6.04. The molecule has 0 aliphatic carbocycles. The molecule has 3 aromatic carbocycles. The van der Waals surface area contributed by atoms with Gasteiger partial charge >= 0.3 is 0 Å². The van der Waals surface area contributed by atoms with Gasteiger partial charge in [-0.25, -0.2) is 4.68 Å². The van der Waals surface area contributed by atoms with E-state index in [1.165, 1.54) is 0 Å². The van der Waals surface area contributed by atoms with E-state index in [1.54, 1.807) is 16.7 Å². The average molecular weight is 486 g/mol. The van der Waals surface area contributed by atoms with Crippen molar-refractivity contribution >= 4 is 28.5 Å². The molecule has 0 aliphatic rings. The number of carbonyl (C=O) groups is 2. The molecule has 4 rings (SSSR count). The zero-order valence-electron chi connectivity index (χ0n) is 20.8. The van der Waals surface area contributed by atoms with E-state index < -0.39 is 6.04 Å². The molecule has 0 saturated carbocycles. The fourth-order valence-corrected chi connectivity index (χ4v) is 4.12. The molecule has 4 aromatic rings. The Labute approximate surface area is 210 Å². The van der Waals surface area contributed by atoms with Gasteiger partial charge in [0.15, 0.2) is 0 Å². The number of nitrogens with one attached hydrogen (secondary N) is 1. The molecule has 8 nitrogen and oxygen atoms in total. The number of rotatable bonds is 10. The molecule has 0 unspecified atom stereocenters. The Morgan fingerprint density at radius 1 is 0.944 bits per heavy atom. The zero-order chi connectivity index (χ0) is 25.5. The second kappa shape index (κ2) is 11.6. The van der Waals surface area contributed by atoms with Crippen molar-refractivity contribution in [1.29, 1.82) is 0 Å². The Bertz CT molecular complexity index is 1300. The van der Waals surface area contributed by atoms with Crippen LogP contribution < -0.4 is 10.2 Å². The Hall–Kier alpha value is -4.04. The molecule has 1 N–H and O–H groups in total. The van der Waals surface area contributed by atoms with Gasteiger partial charge in [-0.05, 0) is 41.3 Å². The van der Waals surface area contributed by atoms with E-state index in [-0.39, 0.29) is 18.4 Å². The van der Waals surface area contributed by atoms with Gasteiger partial charge in [-0.15, -0.1) is 5.10 Å². The minimum Gasteiger partial charge on any atom is -0.383 e. The number of hydrogen-bond acceptors (Lipinski definition) is 5. The molecule has 0 bridgehead atoms. The second-order valence-electron chi connectivity index (χ2n) is 8.84. The third-order valence-electron chi connectivity index (χ3n) is 6.04. The first-order valence-corrected chi connectivity index (χ1v) is 12.0. The maximum absolute atomic E-state index is 14.0. The summed E-state index contributed by atoms with van der Waals surface area (Å²) >= 11 is 0. The molecule has 0 saturated heterocycles. The highest BCUT2D eigenvalue weighted by molar-refractivity contribution is 6.01. The molecule has 0 radical (unpaired) electrons. The number of methoxy groups -OCH3 is 1. The van der Waals surface area contributed by atoms with Gasteiger partial charge in [-0.1, -0.05) is 73.7 Å². The van der Waals surface area contributed by atoms with Crippen molar-refractivity contribution in [1.82, 2.24) is 20.3 Å². The highest BCUT2D eigenvalue weighted by Gasteiger charge is 2.33. The first-order valence-electron chi connectivity index (χ1n) is 12.0. The molecule has 8 heteroatoms. The van der Waals surface area contributed by atoms with Crippen LogP contribution in [-0.4, -0.2) is 47.1 Å². The molecular formula is C28H31N5O3. The maximum Gasteiger partial charge on any atom is 0.249 e. The third kappa shape index (κ3) is 5.60. The van der Waals surface area contributed by atoms with E-state index in [0.29, 0.717) is 35.8 Å². The van der Waals surface area contributed by atoms with Crippen LogP contribution in [0.3, 0.4) is 0 Å². The van der Waals surface area contributed by atoms with Crippen molar-refractivity contribution < 1.29 is 14.3 Å². The van der Waals surface area contributed by atoms with E-state index in [9.17, 15) is 9.59 Å². The van der Waals surface area contributed by atoms with Crippen LogP contribution >= 0.6 is 0 Å². The molecule has 1 heterocycles.